The summed E-state index contributed by atoms with van der Waals surface area (Å²) in [5, 5.41) is 23.4. The summed E-state index contributed by atoms with van der Waals surface area (Å²) in [7, 11) is -1.00. The molecule has 0 radical (unpaired) electrons. The number of carbonyl (C=O) groups is 4. The summed E-state index contributed by atoms with van der Waals surface area (Å²) in [5.74, 6) is -6.77. The Morgan fingerprint density at radius 2 is 1.02 bits per heavy atom. The van der Waals surface area contributed by atoms with Crippen molar-refractivity contribution in [3.05, 3.63) is 176 Å². The second-order valence-corrected chi connectivity index (χ2v) is 23.9. The molecule has 8 N–H and O–H groups in total. The van der Waals surface area contributed by atoms with E-state index in [0.29, 0.717) is 45.2 Å². The molecule has 3 amide bonds. The van der Waals surface area contributed by atoms with E-state index in [1.165, 1.54) is 54.4 Å². The lowest BCUT2D eigenvalue weighted by Gasteiger charge is -2.35. The highest BCUT2D eigenvalue weighted by atomic mass is 35.5. The summed E-state index contributed by atoms with van der Waals surface area (Å²) < 4.78 is 82.9. The van der Waals surface area contributed by atoms with Crippen molar-refractivity contribution in [2.45, 2.75) is 140 Å². The van der Waals surface area contributed by atoms with Gasteiger partial charge in [-0.1, -0.05) is 83.9 Å². The number of fused-ring (bicyclic) bond motifs is 2. The van der Waals surface area contributed by atoms with Crippen molar-refractivity contribution in [1.29, 1.82) is 0 Å². The van der Waals surface area contributed by atoms with Gasteiger partial charge in [0.05, 0.1) is 47.9 Å². The smallest absolute Gasteiger partial charge is 0.412 e. The molecule has 4 aliphatic rings. The summed E-state index contributed by atoms with van der Waals surface area (Å²) in [6.07, 6.45) is 6.75. The van der Waals surface area contributed by atoms with E-state index in [0.717, 1.165) is 40.7 Å². The molecular formula is C63H69Cl2F5N10O7. The summed E-state index contributed by atoms with van der Waals surface area (Å²) in [4.78, 5) is 64.4. The van der Waals surface area contributed by atoms with Gasteiger partial charge in [0.2, 0.25) is 11.9 Å². The number of amides is 3. The van der Waals surface area contributed by atoms with Crippen molar-refractivity contribution in [3.63, 3.8) is 0 Å². The average molecular weight is 1250 g/mol. The zero-order chi connectivity index (χ0) is 64.1. The number of hydrogen-bond acceptors (Lipinski definition) is 13. The van der Waals surface area contributed by atoms with Gasteiger partial charge in [0.15, 0.2) is 0 Å². The van der Waals surface area contributed by atoms with Gasteiger partial charge in [0, 0.05) is 77.9 Å². The number of carboxylic acids is 1. The lowest BCUT2D eigenvalue weighted by Crippen LogP contribution is -2.48. The van der Waals surface area contributed by atoms with Crippen LogP contribution >= 0.6 is 23.2 Å². The summed E-state index contributed by atoms with van der Waals surface area (Å²) >= 11 is 12.8. The maximum absolute atomic E-state index is 14.8. The predicted molar refractivity (Wildman–Crippen MR) is 327 cm³/mol. The molecule has 2 heterocycles. The number of nitrogens with one attached hydrogen (secondary N) is 5. The third kappa shape index (κ3) is 19.4. The quantitative estimate of drug-likeness (QED) is 0.0597. The average Bonchev–Trinajstić information content (AvgIpc) is 2.96. The van der Waals surface area contributed by atoms with Gasteiger partial charge in [-0.15, -0.1) is 0 Å². The maximum atomic E-state index is 14.8. The first-order valence-electron chi connectivity index (χ1n) is 28.4. The van der Waals surface area contributed by atoms with E-state index in [1.54, 1.807) is 53.7 Å². The highest BCUT2D eigenvalue weighted by Gasteiger charge is 2.43. The van der Waals surface area contributed by atoms with E-state index in [2.05, 4.69) is 58.7 Å². The molecule has 6 aromatic rings. The van der Waals surface area contributed by atoms with Crippen LogP contribution in [0.15, 0.2) is 122 Å². The minimum absolute atomic E-state index is 0.166. The molecule has 2 saturated carbocycles. The monoisotopic (exact) mass is 1240 g/mol. The number of aromatic nitrogens is 4. The fraction of sp³-hybridized carbons (Fsp3) is 0.365. The van der Waals surface area contributed by atoms with Crippen molar-refractivity contribution < 1.29 is 57.1 Å². The van der Waals surface area contributed by atoms with Gasteiger partial charge >= 0.3 is 18.2 Å². The van der Waals surface area contributed by atoms with E-state index in [9.17, 15) is 41.1 Å². The molecule has 2 aromatic heterocycles. The van der Waals surface area contributed by atoms with Crippen LogP contribution in [0.2, 0.25) is 10.0 Å². The molecule has 4 aromatic carbocycles. The van der Waals surface area contributed by atoms with Crippen LogP contribution in [-0.4, -0.2) is 103 Å². The number of nitrogens with two attached hydrogens (primary N) is 1. The standard InChI is InChI=1S/C31H32ClF2N5O3.C19H19ClF2N4.C12H15NO4.CH3F/c1-30(2,3)42-29(41)38-20-11-8-19(9-12-20)27(40)36-21-14-22(16-31(33,34)15-21)37-28-35-17-25(32)26(39-28)24-13-10-18-6-4-5-7-23(18)24;20-16-10-24-18(25-13-7-12(23)8-19(21,22)9-13)26-17(16)15-6-5-11-3-1-2-4-14(11)15;1-12(2,3)17-11(16)13-9-6-4-8(5-7-9)10(14)15;1-2/h4-9,11-13,17,21-22H,10,14-16H2,1-3H3,(H,36,40)(H,38,41)(H,35,37,39);1-4,6,10,12-13H,5,7-9,23H2,(H,24,25,26);4-7H,1-3H3,(H,13,16)(H,14,15);1H3/i;;;1D. The van der Waals surface area contributed by atoms with E-state index in [1.807, 2.05) is 48.5 Å². The van der Waals surface area contributed by atoms with Crippen LogP contribution < -0.4 is 32.3 Å². The zero-order valence-corrected chi connectivity index (χ0v) is 50.1. The first-order valence-corrected chi connectivity index (χ1v) is 28.5. The third-order valence-electron chi connectivity index (χ3n) is 13.6. The van der Waals surface area contributed by atoms with Gasteiger partial charge < -0.3 is 36.3 Å². The number of anilines is 4. The van der Waals surface area contributed by atoms with E-state index in [4.69, 9.17) is 44.9 Å². The van der Waals surface area contributed by atoms with E-state index >= 15 is 0 Å². The lowest BCUT2D eigenvalue weighted by molar-refractivity contribution is -0.0469. The number of halogens is 7. The normalized spacial score (nSPS) is 18.9. The van der Waals surface area contributed by atoms with Gasteiger partial charge in [-0.05, 0) is 138 Å². The van der Waals surface area contributed by atoms with Crippen LogP contribution in [0.25, 0.3) is 11.1 Å². The van der Waals surface area contributed by atoms with Crippen molar-refractivity contribution in [1.82, 2.24) is 25.3 Å². The Hall–Kier alpha value is -8.21. The van der Waals surface area contributed by atoms with Gasteiger partial charge in [0.25, 0.3) is 17.8 Å². The van der Waals surface area contributed by atoms with Crippen LogP contribution in [0, 0.1) is 0 Å². The fourth-order valence-corrected chi connectivity index (χ4v) is 10.5. The molecular weight excluding hydrogens is 1170 g/mol. The number of alkyl halides is 5. The molecule has 0 bridgehead atoms. The van der Waals surface area contributed by atoms with Crippen molar-refractivity contribution >= 4 is 81.7 Å². The summed E-state index contributed by atoms with van der Waals surface area (Å²) in [5.41, 5.74) is 13.4. The van der Waals surface area contributed by atoms with Crippen LogP contribution in [-0.2, 0) is 22.3 Å². The molecule has 0 aliphatic heterocycles. The number of aromatic carboxylic acids is 1. The topological polar surface area (TPSA) is 245 Å². The maximum Gasteiger partial charge on any atom is 0.412 e. The van der Waals surface area contributed by atoms with Gasteiger partial charge in [-0.2, -0.15) is 0 Å². The Kier molecular flexibility index (Phi) is 21.2. The SMILES string of the molecule is CC(C)(C)OC(=O)Nc1ccc(C(=O)NC2CC(Nc3ncc(Cl)c(C4=CCc5ccccc54)n3)CC(F)(F)C2)cc1.CC(C)(C)OC(=O)Nc1ccc(C(=O)O)cc1.NC1CC(Nc2ncc(Cl)c(C3=CCc4ccccc43)n2)CC(F)(F)C1.[2H]CF. The van der Waals surface area contributed by atoms with Gasteiger partial charge in [-0.25, -0.2) is 51.9 Å². The minimum atomic E-state index is -3.00. The number of benzene rings is 4. The second-order valence-electron chi connectivity index (χ2n) is 23.1. The number of carboxylic acid groups (broad SMARTS) is 1. The Labute approximate surface area is 512 Å². The Balaban J connectivity index is 0.000000203. The largest absolute Gasteiger partial charge is 0.478 e. The Morgan fingerprint density at radius 3 is 1.45 bits per heavy atom. The second kappa shape index (κ2) is 28.5. The van der Waals surface area contributed by atoms with Gasteiger partial charge in [0.1, 0.15) is 11.2 Å². The summed E-state index contributed by atoms with van der Waals surface area (Å²) in [6, 6.07) is 25.5. The van der Waals surface area contributed by atoms with Crippen molar-refractivity contribution in [2.75, 3.05) is 28.4 Å². The number of hydrogen-bond donors (Lipinski definition) is 7. The molecule has 4 aliphatic carbocycles. The van der Waals surface area contributed by atoms with Crippen molar-refractivity contribution in [3.8, 4) is 0 Å². The molecule has 0 spiro atoms. The minimum Gasteiger partial charge on any atom is -0.478 e. The molecule has 0 saturated heterocycles. The fourth-order valence-electron chi connectivity index (χ4n) is 10.1. The molecule has 4 unspecified atom stereocenters. The molecule has 4 atom stereocenters. The molecule has 10 rings (SSSR count). The number of nitrogens with zero attached hydrogens (tertiary/aromatic N) is 4. The Bertz CT molecular complexity index is 3520. The molecule has 87 heavy (non-hydrogen) atoms. The van der Waals surface area contributed by atoms with Crippen LogP contribution in [0.3, 0.4) is 0 Å². The van der Waals surface area contributed by atoms with Crippen LogP contribution in [0.5, 0.6) is 0 Å². The first kappa shape index (κ1) is 64.8. The highest BCUT2D eigenvalue weighted by Crippen LogP contribution is 2.39. The number of ether oxygens (including phenoxy) is 2. The number of carbonyl (C=O) groups excluding carboxylic acids is 3. The first-order chi connectivity index (χ1) is 41.5. The third-order valence-corrected chi connectivity index (χ3v) is 14.1. The molecule has 2 fully saturated rings. The van der Waals surface area contributed by atoms with Crippen LogP contribution in [0.4, 0.5) is 54.8 Å². The number of allylic oxidation sites excluding steroid dienone is 2. The van der Waals surface area contributed by atoms with Crippen molar-refractivity contribution in [2.24, 2.45) is 5.73 Å². The molecule has 17 nitrogen and oxygen atoms in total. The highest BCUT2D eigenvalue weighted by molar-refractivity contribution is 6.32. The number of rotatable bonds is 11. The van der Waals surface area contributed by atoms with E-state index in [-0.39, 0.29) is 36.3 Å². The molecule has 24 heteroatoms. The van der Waals surface area contributed by atoms with Crippen LogP contribution in [0.1, 0.15) is 136 Å². The Morgan fingerprint density at radius 1 is 0.621 bits per heavy atom. The zero-order valence-electron chi connectivity index (χ0n) is 49.6. The van der Waals surface area contributed by atoms with Gasteiger partial charge in [-0.3, -0.25) is 19.8 Å². The molecule has 462 valence electrons. The lowest BCUT2D eigenvalue weighted by atomic mass is 9.87. The summed E-state index contributed by atoms with van der Waals surface area (Å²) in [6.45, 7) is 10.5. The van der Waals surface area contributed by atoms with E-state index < -0.39 is 91.3 Å². The predicted octanol–water partition coefficient (Wildman–Crippen LogP) is 14.2.